The third-order valence-electron chi connectivity index (χ3n) is 4.86. The van der Waals surface area contributed by atoms with Crippen LogP contribution in [0.1, 0.15) is 40.0 Å². The summed E-state index contributed by atoms with van der Waals surface area (Å²) in [5, 5.41) is 0. The van der Waals surface area contributed by atoms with Gasteiger partial charge in [0, 0.05) is 25.8 Å². The molecule has 28 heavy (non-hydrogen) atoms. The average Bonchev–Trinajstić information content (AvgIpc) is 2.77. The van der Waals surface area contributed by atoms with E-state index in [0.717, 1.165) is 24.9 Å². The number of rotatable bonds is 5. The van der Waals surface area contributed by atoms with Gasteiger partial charge in [0.15, 0.2) is 6.61 Å². The lowest BCUT2D eigenvalue weighted by Gasteiger charge is -2.26. The highest BCUT2D eigenvalue weighted by molar-refractivity contribution is 6.12. The van der Waals surface area contributed by atoms with Crippen LogP contribution in [0.3, 0.4) is 0 Å². The molecule has 2 amide bonds. The van der Waals surface area contributed by atoms with Crippen LogP contribution in [0.4, 0.5) is 5.69 Å². The van der Waals surface area contributed by atoms with Crippen LogP contribution in [0, 0.1) is 0 Å². The molecule has 0 spiro atoms. The molecule has 6 heteroatoms. The summed E-state index contributed by atoms with van der Waals surface area (Å²) in [6.07, 6.45) is 3.07. The van der Waals surface area contributed by atoms with Crippen LogP contribution in [-0.4, -0.2) is 49.4 Å². The number of nitrogens with zero attached hydrogens (tertiary/aromatic N) is 2. The van der Waals surface area contributed by atoms with Gasteiger partial charge in [-0.2, -0.15) is 0 Å². The summed E-state index contributed by atoms with van der Waals surface area (Å²) in [4.78, 5) is 40.9. The van der Waals surface area contributed by atoms with Crippen LogP contribution >= 0.6 is 0 Å². The monoisotopic (exact) mass is 380 g/mol. The standard InChI is InChI=1S/C22H24N2O4/c1-23(17-10-4-2-5-11-17)21(26)18-12-6-7-13-19(18)22(27)28-16-20(25)24-14-8-3-9-15-24/h2,4-7,10-13H,3,8-9,14-16H2,1H3. The Bertz CT molecular complexity index is 845. The van der Waals surface area contributed by atoms with Gasteiger partial charge in [-0.05, 0) is 43.5 Å². The summed E-state index contributed by atoms with van der Waals surface area (Å²) in [5.41, 5.74) is 1.11. The number of amides is 2. The Morgan fingerprint density at radius 3 is 2.18 bits per heavy atom. The molecular weight excluding hydrogens is 356 g/mol. The smallest absolute Gasteiger partial charge is 0.339 e. The molecule has 0 unspecified atom stereocenters. The van der Waals surface area contributed by atoms with Crippen LogP contribution < -0.4 is 4.90 Å². The van der Waals surface area contributed by atoms with Crippen molar-refractivity contribution in [1.82, 2.24) is 4.90 Å². The molecule has 0 radical (unpaired) electrons. The van der Waals surface area contributed by atoms with Gasteiger partial charge in [-0.25, -0.2) is 4.79 Å². The van der Waals surface area contributed by atoms with Gasteiger partial charge in [-0.1, -0.05) is 30.3 Å². The molecule has 1 aliphatic heterocycles. The fourth-order valence-corrected chi connectivity index (χ4v) is 3.24. The van der Waals surface area contributed by atoms with E-state index in [2.05, 4.69) is 0 Å². The number of carbonyl (C=O) groups excluding carboxylic acids is 3. The zero-order valence-corrected chi connectivity index (χ0v) is 16.0. The molecule has 0 atom stereocenters. The summed E-state index contributed by atoms with van der Waals surface area (Å²) >= 11 is 0. The molecule has 6 nitrogen and oxygen atoms in total. The Morgan fingerprint density at radius 1 is 0.893 bits per heavy atom. The van der Waals surface area contributed by atoms with Crippen molar-refractivity contribution in [3.63, 3.8) is 0 Å². The second-order valence-corrected chi connectivity index (χ2v) is 6.76. The number of ether oxygens (including phenoxy) is 1. The Hall–Kier alpha value is -3.15. The van der Waals surface area contributed by atoms with Crippen molar-refractivity contribution in [3.05, 3.63) is 65.7 Å². The Balaban J connectivity index is 1.69. The number of para-hydroxylation sites is 1. The number of piperidine rings is 1. The minimum Gasteiger partial charge on any atom is -0.452 e. The predicted molar refractivity (Wildman–Crippen MR) is 106 cm³/mol. The second-order valence-electron chi connectivity index (χ2n) is 6.76. The van der Waals surface area contributed by atoms with Gasteiger partial charge in [0.05, 0.1) is 11.1 Å². The summed E-state index contributed by atoms with van der Waals surface area (Å²) in [6, 6.07) is 15.7. The third kappa shape index (κ3) is 4.57. The third-order valence-corrected chi connectivity index (χ3v) is 4.86. The average molecular weight is 380 g/mol. The van der Waals surface area contributed by atoms with E-state index in [1.807, 2.05) is 30.3 Å². The minimum atomic E-state index is -0.671. The number of carbonyl (C=O) groups is 3. The lowest BCUT2D eigenvalue weighted by molar-refractivity contribution is -0.135. The molecule has 1 aliphatic rings. The number of anilines is 1. The number of benzene rings is 2. The highest BCUT2D eigenvalue weighted by Gasteiger charge is 2.23. The van der Waals surface area contributed by atoms with Crippen LogP contribution in [0.2, 0.25) is 0 Å². The SMILES string of the molecule is CN(C(=O)c1ccccc1C(=O)OCC(=O)N1CCCCC1)c1ccccc1. The summed E-state index contributed by atoms with van der Waals surface area (Å²) in [5.74, 6) is -1.19. The van der Waals surface area contributed by atoms with Crippen LogP contribution in [-0.2, 0) is 9.53 Å². The lowest BCUT2D eigenvalue weighted by Crippen LogP contribution is -2.38. The van der Waals surface area contributed by atoms with Crippen molar-refractivity contribution >= 4 is 23.5 Å². The van der Waals surface area contributed by atoms with E-state index in [9.17, 15) is 14.4 Å². The van der Waals surface area contributed by atoms with Crippen molar-refractivity contribution < 1.29 is 19.1 Å². The van der Waals surface area contributed by atoms with E-state index >= 15 is 0 Å². The molecule has 0 bridgehead atoms. The van der Waals surface area contributed by atoms with Gasteiger partial charge in [0.2, 0.25) is 0 Å². The molecule has 0 aromatic heterocycles. The van der Waals surface area contributed by atoms with E-state index in [1.54, 1.807) is 36.2 Å². The van der Waals surface area contributed by atoms with Crippen molar-refractivity contribution in [1.29, 1.82) is 0 Å². The zero-order chi connectivity index (χ0) is 19.9. The molecule has 2 aromatic rings. The molecule has 1 fully saturated rings. The summed E-state index contributed by atoms with van der Waals surface area (Å²) in [6.45, 7) is 1.09. The number of hydrogen-bond donors (Lipinski definition) is 0. The molecule has 1 saturated heterocycles. The van der Waals surface area contributed by atoms with Crippen molar-refractivity contribution in [2.24, 2.45) is 0 Å². The normalized spacial score (nSPS) is 13.7. The predicted octanol–water partition coefficient (Wildman–Crippen LogP) is 3.13. The molecule has 0 N–H and O–H groups in total. The Labute approximate surface area is 164 Å². The largest absolute Gasteiger partial charge is 0.452 e. The quantitative estimate of drug-likeness (QED) is 0.748. The summed E-state index contributed by atoms with van der Waals surface area (Å²) in [7, 11) is 1.65. The van der Waals surface area contributed by atoms with Crippen LogP contribution in [0.15, 0.2) is 54.6 Å². The van der Waals surface area contributed by atoms with E-state index in [0.29, 0.717) is 13.1 Å². The van der Waals surface area contributed by atoms with Gasteiger partial charge >= 0.3 is 5.97 Å². The molecule has 146 valence electrons. The van der Waals surface area contributed by atoms with E-state index in [-0.39, 0.29) is 29.5 Å². The highest BCUT2D eigenvalue weighted by atomic mass is 16.5. The molecule has 1 heterocycles. The number of esters is 1. The van der Waals surface area contributed by atoms with Gasteiger partial charge in [0.25, 0.3) is 11.8 Å². The first kappa shape index (κ1) is 19.6. The first-order chi connectivity index (χ1) is 13.6. The molecule has 3 rings (SSSR count). The van der Waals surface area contributed by atoms with Crippen molar-refractivity contribution in [3.8, 4) is 0 Å². The van der Waals surface area contributed by atoms with E-state index in [1.165, 1.54) is 4.90 Å². The second kappa shape index (κ2) is 9.17. The molecule has 2 aromatic carbocycles. The minimum absolute atomic E-state index is 0.154. The number of hydrogen-bond acceptors (Lipinski definition) is 4. The maximum absolute atomic E-state index is 12.9. The Morgan fingerprint density at radius 2 is 1.50 bits per heavy atom. The van der Waals surface area contributed by atoms with Gasteiger partial charge in [-0.15, -0.1) is 0 Å². The topological polar surface area (TPSA) is 66.9 Å². The maximum atomic E-state index is 12.9. The molecular formula is C22H24N2O4. The zero-order valence-electron chi connectivity index (χ0n) is 16.0. The van der Waals surface area contributed by atoms with Gasteiger partial charge in [0.1, 0.15) is 0 Å². The first-order valence-electron chi connectivity index (χ1n) is 9.45. The van der Waals surface area contributed by atoms with Crippen LogP contribution in [0.5, 0.6) is 0 Å². The molecule has 0 saturated carbocycles. The van der Waals surface area contributed by atoms with Crippen LogP contribution in [0.25, 0.3) is 0 Å². The van der Waals surface area contributed by atoms with E-state index in [4.69, 9.17) is 4.74 Å². The fourth-order valence-electron chi connectivity index (χ4n) is 3.24. The first-order valence-corrected chi connectivity index (χ1v) is 9.45. The lowest BCUT2D eigenvalue weighted by atomic mass is 10.1. The van der Waals surface area contributed by atoms with E-state index < -0.39 is 5.97 Å². The number of likely N-dealkylation sites (tertiary alicyclic amines) is 1. The molecule has 0 aliphatic carbocycles. The highest BCUT2D eigenvalue weighted by Crippen LogP contribution is 2.18. The van der Waals surface area contributed by atoms with Crippen molar-refractivity contribution in [2.45, 2.75) is 19.3 Å². The fraction of sp³-hybridized carbons (Fsp3) is 0.318. The van der Waals surface area contributed by atoms with Gasteiger partial charge in [-0.3, -0.25) is 9.59 Å². The van der Waals surface area contributed by atoms with Crippen molar-refractivity contribution in [2.75, 3.05) is 31.6 Å². The maximum Gasteiger partial charge on any atom is 0.339 e. The summed E-state index contributed by atoms with van der Waals surface area (Å²) < 4.78 is 5.22. The van der Waals surface area contributed by atoms with Gasteiger partial charge < -0.3 is 14.5 Å². The Kier molecular flexibility index (Phi) is 6.42.